The molecule has 70 valence electrons. The van der Waals surface area contributed by atoms with Crippen molar-refractivity contribution < 1.29 is 14.6 Å². The maximum Gasteiger partial charge on any atom is 0.335 e. The van der Waals surface area contributed by atoms with E-state index in [1.54, 1.807) is 0 Å². The lowest BCUT2D eigenvalue weighted by Crippen LogP contribution is -2.40. The summed E-state index contributed by atoms with van der Waals surface area (Å²) in [5.74, 6) is -0.505. The number of aliphatic hydroxyl groups excluding tert-OH is 1. The zero-order valence-electron chi connectivity index (χ0n) is 7.25. The zero-order chi connectivity index (χ0) is 8.97. The fourth-order valence-corrected chi connectivity index (χ4v) is 1.46. The highest BCUT2D eigenvalue weighted by Gasteiger charge is 2.27. The highest BCUT2D eigenvalue weighted by atomic mass is 16.5. The molecule has 0 aromatic rings. The summed E-state index contributed by atoms with van der Waals surface area (Å²) in [6.07, 6.45) is 0.949. The second-order valence-electron chi connectivity index (χ2n) is 3.07. The molecular formula is C8H15NO3. The third kappa shape index (κ3) is 2.19. The van der Waals surface area contributed by atoms with Crippen LogP contribution in [0.2, 0.25) is 0 Å². The molecule has 12 heavy (non-hydrogen) atoms. The van der Waals surface area contributed by atoms with Crippen LogP contribution in [0, 0.1) is 5.92 Å². The van der Waals surface area contributed by atoms with Crippen molar-refractivity contribution in [3.8, 4) is 0 Å². The van der Waals surface area contributed by atoms with E-state index in [4.69, 9.17) is 0 Å². The number of nitrogens with one attached hydrogen (secondary N) is 1. The minimum absolute atomic E-state index is 0.0196. The Kier molecular flexibility index (Phi) is 3.49. The molecule has 2 atom stereocenters. The Bertz CT molecular complexity index is 154. The molecule has 1 heterocycles. The van der Waals surface area contributed by atoms with Gasteiger partial charge in [-0.15, -0.1) is 0 Å². The number of aliphatic hydroxyl groups is 1. The van der Waals surface area contributed by atoms with Gasteiger partial charge in [0.25, 0.3) is 0 Å². The SMILES string of the molecule is COC(=O)[C@@H](O)[C@@H]1CCCNC1. The monoisotopic (exact) mass is 173 g/mol. The van der Waals surface area contributed by atoms with Crippen molar-refractivity contribution in [2.24, 2.45) is 5.92 Å². The number of rotatable bonds is 2. The number of carbonyl (C=O) groups is 1. The molecule has 0 aromatic heterocycles. The van der Waals surface area contributed by atoms with Crippen LogP contribution in [0.1, 0.15) is 12.8 Å². The molecule has 1 fully saturated rings. The van der Waals surface area contributed by atoms with Crippen molar-refractivity contribution in [2.75, 3.05) is 20.2 Å². The van der Waals surface area contributed by atoms with Crippen LogP contribution in [-0.4, -0.2) is 37.4 Å². The van der Waals surface area contributed by atoms with Gasteiger partial charge in [-0.1, -0.05) is 0 Å². The summed E-state index contributed by atoms with van der Waals surface area (Å²) in [4.78, 5) is 10.9. The van der Waals surface area contributed by atoms with Crippen molar-refractivity contribution >= 4 is 5.97 Å². The Balaban J connectivity index is 2.39. The summed E-state index contributed by atoms with van der Waals surface area (Å²) in [6.45, 7) is 1.68. The molecular weight excluding hydrogens is 158 g/mol. The molecule has 1 saturated heterocycles. The van der Waals surface area contributed by atoms with Crippen LogP contribution in [0.15, 0.2) is 0 Å². The first-order chi connectivity index (χ1) is 5.75. The first-order valence-electron chi connectivity index (χ1n) is 4.22. The Morgan fingerprint density at radius 3 is 3.00 bits per heavy atom. The van der Waals surface area contributed by atoms with Gasteiger partial charge in [-0.3, -0.25) is 0 Å². The lowest BCUT2D eigenvalue weighted by molar-refractivity contribution is -0.153. The van der Waals surface area contributed by atoms with E-state index in [0.29, 0.717) is 6.54 Å². The lowest BCUT2D eigenvalue weighted by Gasteiger charge is -2.25. The summed E-state index contributed by atoms with van der Waals surface area (Å²) in [5.41, 5.74) is 0. The molecule has 0 radical (unpaired) electrons. The summed E-state index contributed by atoms with van der Waals surface area (Å²) in [6, 6.07) is 0. The van der Waals surface area contributed by atoms with E-state index in [9.17, 15) is 9.90 Å². The molecule has 4 nitrogen and oxygen atoms in total. The highest BCUT2D eigenvalue weighted by Crippen LogP contribution is 2.14. The minimum atomic E-state index is -0.956. The van der Waals surface area contributed by atoms with E-state index in [-0.39, 0.29) is 5.92 Å². The zero-order valence-corrected chi connectivity index (χ0v) is 7.25. The van der Waals surface area contributed by atoms with Gasteiger partial charge in [-0.05, 0) is 19.4 Å². The first kappa shape index (κ1) is 9.48. The predicted octanol–water partition coefficient (Wildman–Crippen LogP) is -0.480. The third-order valence-corrected chi connectivity index (χ3v) is 2.22. The van der Waals surface area contributed by atoms with E-state index in [1.165, 1.54) is 7.11 Å². The molecule has 1 aliphatic heterocycles. The topological polar surface area (TPSA) is 58.6 Å². The smallest absolute Gasteiger partial charge is 0.335 e. The van der Waals surface area contributed by atoms with Crippen molar-refractivity contribution in [3.05, 3.63) is 0 Å². The average Bonchev–Trinajstić information content (AvgIpc) is 2.17. The maximum atomic E-state index is 10.9. The Labute approximate surface area is 71.9 Å². The summed E-state index contributed by atoms with van der Waals surface area (Å²) in [5, 5.41) is 12.6. The molecule has 0 bridgehead atoms. The summed E-state index contributed by atoms with van der Waals surface area (Å²) < 4.78 is 4.45. The van der Waals surface area contributed by atoms with Gasteiger partial charge in [0.1, 0.15) is 0 Å². The molecule has 0 spiro atoms. The van der Waals surface area contributed by atoms with Gasteiger partial charge in [-0.25, -0.2) is 4.79 Å². The van der Waals surface area contributed by atoms with Gasteiger partial charge >= 0.3 is 5.97 Å². The Morgan fingerprint density at radius 1 is 1.75 bits per heavy atom. The number of methoxy groups -OCH3 is 1. The lowest BCUT2D eigenvalue weighted by atomic mass is 9.94. The molecule has 0 amide bonds. The van der Waals surface area contributed by atoms with E-state index in [1.807, 2.05) is 0 Å². The maximum absolute atomic E-state index is 10.9. The number of carbonyl (C=O) groups excluding carboxylic acids is 1. The molecule has 0 unspecified atom stereocenters. The standard InChI is InChI=1S/C8H15NO3/c1-12-8(11)7(10)6-3-2-4-9-5-6/h6-7,9-10H,2-5H2,1H3/t6-,7+/m1/s1. The molecule has 0 saturated carbocycles. The average molecular weight is 173 g/mol. The first-order valence-corrected chi connectivity index (χ1v) is 4.22. The largest absolute Gasteiger partial charge is 0.467 e. The third-order valence-electron chi connectivity index (χ3n) is 2.22. The second-order valence-corrected chi connectivity index (χ2v) is 3.07. The molecule has 2 N–H and O–H groups in total. The van der Waals surface area contributed by atoms with E-state index in [2.05, 4.69) is 10.1 Å². The van der Waals surface area contributed by atoms with E-state index < -0.39 is 12.1 Å². The van der Waals surface area contributed by atoms with Crippen LogP contribution in [0.3, 0.4) is 0 Å². The van der Waals surface area contributed by atoms with Crippen LogP contribution >= 0.6 is 0 Å². The molecule has 0 aliphatic carbocycles. The number of ether oxygens (including phenoxy) is 1. The normalized spacial score (nSPS) is 26.3. The molecule has 0 aromatic carbocycles. The quantitative estimate of drug-likeness (QED) is 0.554. The second kappa shape index (κ2) is 4.42. The van der Waals surface area contributed by atoms with Crippen LogP contribution in [0.5, 0.6) is 0 Å². The fourth-order valence-electron chi connectivity index (χ4n) is 1.46. The molecule has 4 heteroatoms. The van der Waals surface area contributed by atoms with Crippen molar-refractivity contribution in [1.82, 2.24) is 5.32 Å². The van der Waals surface area contributed by atoms with Gasteiger partial charge < -0.3 is 15.2 Å². The number of hydrogen-bond donors (Lipinski definition) is 2. The fraction of sp³-hybridized carbons (Fsp3) is 0.875. The Hall–Kier alpha value is -0.610. The van der Waals surface area contributed by atoms with Gasteiger partial charge in [0, 0.05) is 12.5 Å². The van der Waals surface area contributed by atoms with Crippen LogP contribution in [0.25, 0.3) is 0 Å². The van der Waals surface area contributed by atoms with Gasteiger partial charge in [0.05, 0.1) is 7.11 Å². The van der Waals surface area contributed by atoms with Gasteiger partial charge in [0.2, 0.25) is 0 Å². The molecule has 1 rings (SSSR count). The summed E-state index contributed by atoms with van der Waals surface area (Å²) >= 11 is 0. The number of hydrogen-bond acceptors (Lipinski definition) is 4. The van der Waals surface area contributed by atoms with Gasteiger partial charge in [-0.2, -0.15) is 0 Å². The van der Waals surface area contributed by atoms with Crippen molar-refractivity contribution in [1.29, 1.82) is 0 Å². The summed E-state index contributed by atoms with van der Waals surface area (Å²) in [7, 11) is 1.29. The highest BCUT2D eigenvalue weighted by molar-refractivity contribution is 5.74. The van der Waals surface area contributed by atoms with Crippen molar-refractivity contribution in [3.63, 3.8) is 0 Å². The van der Waals surface area contributed by atoms with E-state index in [0.717, 1.165) is 19.4 Å². The van der Waals surface area contributed by atoms with Crippen LogP contribution in [-0.2, 0) is 9.53 Å². The van der Waals surface area contributed by atoms with E-state index >= 15 is 0 Å². The number of piperidine rings is 1. The van der Waals surface area contributed by atoms with Gasteiger partial charge in [0.15, 0.2) is 6.10 Å². The van der Waals surface area contributed by atoms with Crippen LogP contribution in [0.4, 0.5) is 0 Å². The van der Waals surface area contributed by atoms with Crippen LogP contribution < -0.4 is 5.32 Å². The predicted molar refractivity (Wildman–Crippen MR) is 43.6 cm³/mol. The number of esters is 1. The molecule has 1 aliphatic rings. The van der Waals surface area contributed by atoms with Crippen molar-refractivity contribution in [2.45, 2.75) is 18.9 Å². The Morgan fingerprint density at radius 2 is 2.50 bits per heavy atom. The minimum Gasteiger partial charge on any atom is -0.467 e.